The summed E-state index contributed by atoms with van der Waals surface area (Å²) in [5.41, 5.74) is 6.99. The Bertz CT molecular complexity index is 782. The van der Waals surface area contributed by atoms with Crippen LogP contribution in [0.2, 0.25) is 0 Å². The molecule has 2 fully saturated rings. The van der Waals surface area contributed by atoms with Crippen LogP contribution >= 0.6 is 0 Å². The fraction of sp³-hybridized carbons (Fsp3) is 0.600. The van der Waals surface area contributed by atoms with Gasteiger partial charge in [0.1, 0.15) is 0 Å². The van der Waals surface area contributed by atoms with Crippen LogP contribution in [-0.2, 0) is 22.6 Å². The summed E-state index contributed by atoms with van der Waals surface area (Å²) in [7, 11) is 0. The van der Waals surface area contributed by atoms with Crippen molar-refractivity contribution in [3.8, 4) is 11.3 Å². The molecule has 4 nitrogen and oxygen atoms in total. The minimum atomic E-state index is 0.566. The fourth-order valence-electron chi connectivity index (χ4n) is 4.56. The van der Waals surface area contributed by atoms with Crippen LogP contribution in [0, 0.1) is 12.8 Å². The Balaban J connectivity index is 1.63. The van der Waals surface area contributed by atoms with E-state index in [0.29, 0.717) is 11.8 Å². The Kier molecular flexibility index (Phi) is 6.74. The van der Waals surface area contributed by atoms with Crippen LogP contribution in [0.15, 0.2) is 30.3 Å². The summed E-state index contributed by atoms with van der Waals surface area (Å²) in [6.45, 7) is 14.5. The van der Waals surface area contributed by atoms with Gasteiger partial charge in [-0.1, -0.05) is 38.1 Å². The maximum atomic E-state index is 5.60. The zero-order valence-corrected chi connectivity index (χ0v) is 18.3. The molecule has 2 aliphatic rings. The molecule has 0 amide bonds. The number of aromatic nitrogens is 1. The molecule has 2 saturated heterocycles. The molecule has 0 unspecified atom stereocenters. The second-order valence-corrected chi connectivity index (χ2v) is 8.97. The maximum absolute atomic E-state index is 5.60. The molecule has 1 aromatic heterocycles. The van der Waals surface area contributed by atoms with Crippen LogP contribution in [0.1, 0.15) is 49.4 Å². The molecule has 1 aromatic carbocycles. The summed E-state index contributed by atoms with van der Waals surface area (Å²) < 4.78 is 13.7. The van der Waals surface area contributed by atoms with Gasteiger partial charge in [0.15, 0.2) is 0 Å². The zero-order valence-electron chi connectivity index (χ0n) is 18.3. The average molecular weight is 397 g/mol. The minimum absolute atomic E-state index is 0.566. The van der Waals surface area contributed by atoms with E-state index >= 15 is 0 Å². The van der Waals surface area contributed by atoms with Gasteiger partial charge in [-0.15, -0.1) is 0 Å². The van der Waals surface area contributed by atoms with Crippen molar-refractivity contribution in [2.24, 2.45) is 5.92 Å². The smallest absolute Gasteiger partial charge is 0.0594 e. The predicted molar refractivity (Wildman–Crippen MR) is 118 cm³/mol. The Hall–Kier alpha value is -1.62. The summed E-state index contributed by atoms with van der Waals surface area (Å²) in [6, 6.07) is 11.6. The van der Waals surface area contributed by atoms with Crippen LogP contribution in [0.5, 0.6) is 0 Å². The lowest BCUT2D eigenvalue weighted by Gasteiger charge is -2.27. The summed E-state index contributed by atoms with van der Waals surface area (Å²) in [5.74, 6) is 1.27. The van der Waals surface area contributed by atoms with Crippen LogP contribution in [0.3, 0.4) is 0 Å². The van der Waals surface area contributed by atoms with E-state index in [-0.39, 0.29) is 0 Å². The van der Waals surface area contributed by atoms with Crippen molar-refractivity contribution in [3.63, 3.8) is 0 Å². The number of hydrogen-bond donors (Lipinski definition) is 0. The van der Waals surface area contributed by atoms with Gasteiger partial charge in [0.2, 0.25) is 0 Å². The Morgan fingerprint density at radius 1 is 0.966 bits per heavy atom. The third-order valence-corrected chi connectivity index (χ3v) is 6.62. The number of morpholine rings is 1. The molecule has 2 aliphatic heterocycles. The number of nitrogens with zero attached hydrogens (tertiary/aromatic N) is 2. The molecule has 158 valence electrons. The van der Waals surface area contributed by atoms with Gasteiger partial charge in [0.25, 0.3) is 0 Å². The van der Waals surface area contributed by atoms with Gasteiger partial charge < -0.3 is 14.0 Å². The fourth-order valence-corrected chi connectivity index (χ4v) is 4.56. The third kappa shape index (κ3) is 4.93. The van der Waals surface area contributed by atoms with E-state index in [2.05, 4.69) is 60.6 Å². The largest absolute Gasteiger partial charge is 0.381 e. The van der Waals surface area contributed by atoms with E-state index in [0.717, 1.165) is 52.6 Å². The van der Waals surface area contributed by atoms with E-state index < -0.39 is 0 Å². The Labute approximate surface area is 175 Å². The molecule has 0 N–H and O–H groups in total. The van der Waals surface area contributed by atoms with Gasteiger partial charge in [0.05, 0.1) is 13.2 Å². The van der Waals surface area contributed by atoms with Gasteiger partial charge in [0, 0.05) is 50.8 Å². The average Bonchev–Trinajstić information content (AvgIpc) is 3.05. The highest BCUT2D eigenvalue weighted by atomic mass is 16.5. The van der Waals surface area contributed by atoms with E-state index in [1.54, 1.807) is 0 Å². The highest BCUT2D eigenvalue weighted by molar-refractivity contribution is 5.63. The van der Waals surface area contributed by atoms with Crippen molar-refractivity contribution in [2.75, 3.05) is 39.5 Å². The first-order chi connectivity index (χ1) is 14.1. The molecule has 4 heteroatoms. The highest BCUT2D eigenvalue weighted by Gasteiger charge is 2.21. The molecule has 0 saturated carbocycles. The van der Waals surface area contributed by atoms with Crippen molar-refractivity contribution in [1.29, 1.82) is 0 Å². The standard InChI is InChI=1S/C25H36N2O2/c1-19(2)22-4-6-23(7-5-22)25-16-24(18-26-10-14-29-15-11-26)20(3)27(25)17-21-8-12-28-13-9-21/h4-7,16,19,21H,8-15,17-18H2,1-3H3. The van der Waals surface area contributed by atoms with E-state index in [9.17, 15) is 0 Å². The number of hydrogen-bond acceptors (Lipinski definition) is 3. The number of ether oxygens (including phenoxy) is 2. The van der Waals surface area contributed by atoms with Crippen LogP contribution < -0.4 is 0 Å². The summed E-state index contributed by atoms with van der Waals surface area (Å²) in [4.78, 5) is 2.52. The molecule has 0 aliphatic carbocycles. The predicted octanol–water partition coefficient (Wildman–Crippen LogP) is 4.85. The first-order valence-corrected chi connectivity index (χ1v) is 11.3. The molecular formula is C25H36N2O2. The lowest BCUT2D eigenvalue weighted by atomic mass is 9.99. The van der Waals surface area contributed by atoms with Gasteiger partial charge in [-0.3, -0.25) is 4.90 Å². The topological polar surface area (TPSA) is 26.6 Å². The van der Waals surface area contributed by atoms with Crippen molar-refractivity contribution in [1.82, 2.24) is 9.47 Å². The molecule has 0 radical (unpaired) electrons. The number of rotatable bonds is 6. The molecule has 29 heavy (non-hydrogen) atoms. The molecule has 0 spiro atoms. The van der Waals surface area contributed by atoms with Gasteiger partial charge in [-0.2, -0.15) is 0 Å². The van der Waals surface area contributed by atoms with Gasteiger partial charge in [-0.05, 0) is 54.4 Å². The number of benzene rings is 1. The maximum Gasteiger partial charge on any atom is 0.0594 e. The first-order valence-electron chi connectivity index (χ1n) is 11.3. The lowest BCUT2D eigenvalue weighted by Crippen LogP contribution is -2.35. The molecule has 3 heterocycles. The lowest BCUT2D eigenvalue weighted by molar-refractivity contribution is 0.0341. The zero-order chi connectivity index (χ0) is 20.2. The molecular weight excluding hydrogens is 360 g/mol. The van der Waals surface area contributed by atoms with Gasteiger partial charge >= 0.3 is 0 Å². The molecule has 0 bridgehead atoms. The van der Waals surface area contributed by atoms with Crippen molar-refractivity contribution in [2.45, 2.75) is 52.6 Å². The Morgan fingerprint density at radius 2 is 1.62 bits per heavy atom. The SMILES string of the molecule is Cc1c(CN2CCOCC2)cc(-c2ccc(C(C)C)cc2)n1CC1CCOCC1. The quantitative estimate of drug-likeness (QED) is 0.699. The van der Waals surface area contributed by atoms with Crippen molar-refractivity contribution < 1.29 is 9.47 Å². The monoisotopic (exact) mass is 396 g/mol. The summed E-state index contributed by atoms with van der Waals surface area (Å²) in [5, 5.41) is 0. The molecule has 0 atom stereocenters. The van der Waals surface area contributed by atoms with E-state index in [4.69, 9.17) is 9.47 Å². The summed E-state index contributed by atoms with van der Waals surface area (Å²) in [6.07, 6.45) is 2.34. The second-order valence-electron chi connectivity index (χ2n) is 8.97. The van der Waals surface area contributed by atoms with Crippen molar-refractivity contribution >= 4 is 0 Å². The first kappa shape index (κ1) is 20.6. The molecule has 4 rings (SSSR count). The normalized spacial score (nSPS) is 19.2. The van der Waals surface area contributed by atoms with Gasteiger partial charge in [-0.25, -0.2) is 0 Å². The van der Waals surface area contributed by atoms with E-state index in [1.807, 2.05) is 0 Å². The van der Waals surface area contributed by atoms with Crippen LogP contribution in [0.4, 0.5) is 0 Å². The minimum Gasteiger partial charge on any atom is -0.381 e. The summed E-state index contributed by atoms with van der Waals surface area (Å²) >= 11 is 0. The highest BCUT2D eigenvalue weighted by Crippen LogP contribution is 2.31. The Morgan fingerprint density at radius 3 is 2.28 bits per heavy atom. The second kappa shape index (κ2) is 9.46. The molecule has 2 aromatic rings. The third-order valence-electron chi connectivity index (χ3n) is 6.62. The van der Waals surface area contributed by atoms with Crippen LogP contribution in [0.25, 0.3) is 11.3 Å². The van der Waals surface area contributed by atoms with Crippen molar-refractivity contribution in [3.05, 3.63) is 47.2 Å². The van der Waals surface area contributed by atoms with E-state index in [1.165, 1.54) is 40.9 Å². The van der Waals surface area contributed by atoms with Crippen LogP contribution in [-0.4, -0.2) is 49.0 Å².